The van der Waals surface area contributed by atoms with E-state index < -0.39 is 10.0 Å². The lowest BCUT2D eigenvalue weighted by Gasteiger charge is -2.22. The number of nitrogens with zero attached hydrogens (tertiary/aromatic N) is 3. The molecule has 2 rings (SSSR count). The number of halogens is 1. The summed E-state index contributed by atoms with van der Waals surface area (Å²) in [4.78, 5) is 20.2. The number of hydrogen-bond acceptors (Lipinski definition) is 5. The van der Waals surface area contributed by atoms with Gasteiger partial charge in [-0.1, -0.05) is 19.9 Å². The molecule has 24 heavy (non-hydrogen) atoms. The number of carbonyl (C=O) groups is 1. The molecular formula is C16H20FN3O3S. The number of carbonyl (C=O) groups excluding carboxylic acids is 1. The van der Waals surface area contributed by atoms with Crippen LogP contribution in [0.4, 0.5) is 10.3 Å². The average molecular weight is 353 g/mol. The van der Waals surface area contributed by atoms with Crippen LogP contribution in [0, 0.1) is 0 Å². The second-order valence-corrected chi connectivity index (χ2v) is 8.01. The molecule has 0 radical (unpaired) electrons. The smallest absolute Gasteiger partial charge is 0.239 e. The first-order valence-corrected chi connectivity index (χ1v) is 9.34. The van der Waals surface area contributed by atoms with Crippen LogP contribution in [0.1, 0.15) is 53.8 Å². The first kappa shape index (κ1) is 18.3. The zero-order valence-electron chi connectivity index (χ0n) is 14.0. The second-order valence-electron chi connectivity index (χ2n) is 6.00. The molecule has 0 aliphatic heterocycles. The van der Waals surface area contributed by atoms with Crippen molar-refractivity contribution in [2.45, 2.75) is 32.1 Å². The van der Waals surface area contributed by atoms with Gasteiger partial charge in [0.2, 0.25) is 16.0 Å². The van der Waals surface area contributed by atoms with Crippen LogP contribution in [0.5, 0.6) is 0 Å². The Morgan fingerprint density at radius 1 is 1.38 bits per heavy atom. The fourth-order valence-corrected chi connectivity index (χ4v) is 2.80. The summed E-state index contributed by atoms with van der Waals surface area (Å²) in [6.07, 6.45) is 6.43. The lowest BCUT2D eigenvalue weighted by atomic mass is 9.91. The molecule has 0 amide bonds. The Hall–Kier alpha value is -2.09. The number of aldehydes is 1. The number of aromatic nitrogens is 2. The zero-order chi connectivity index (χ0) is 18.1. The van der Waals surface area contributed by atoms with Crippen LogP contribution in [0.15, 0.2) is 24.1 Å². The van der Waals surface area contributed by atoms with E-state index >= 15 is 0 Å². The fraction of sp³-hybridized carbons (Fsp3) is 0.438. The summed E-state index contributed by atoms with van der Waals surface area (Å²) in [6, 6.07) is 0. The van der Waals surface area contributed by atoms with E-state index in [0.717, 1.165) is 10.6 Å². The lowest BCUT2D eigenvalue weighted by molar-refractivity contribution is 0.112. The van der Waals surface area contributed by atoms with E-state index in [0.29, 0.717) is 29.7 Å². The number of anilines is 1. The van der Waals surface area contributed by atoms with Crippen molar-refractivity contribution in [1.82, 2.24) is 9.97 Å². The van der Waals surface area contributed by atoms with Crippen molar-refractivity contribution in [1.29, 1.82) is 0 Å². The molecule has 0 saturated heterocycles. The Bertz CT molecular complexity index is 816. The third kappa shape index (κ3) is 3.69. The van der Waals surface area contributed by atoms with E-state index in [4.69, 9.17) is 0 Å². The van der Waals surface area contributed by atoms with Gasteiger partial charge in [-0.05, 0) is 24.5 Å². The number of allylic oxidation sites excluding steroid dienone is 4. The van der Waals surface area contributed by atoms with Gasteiger partial charge in [-0.15, -0.1) is 0 Å². The largest absolute Gasteiger partial charge is 0.298 e. The molecule has 1 atom stereocenters. The maximum absolute atomic E-state index is 13.2. The predicted molar refractivity (Wildman–Crippen MR) is 90.4 cm³/mol. The molecule has 1 heterocycles. The second kappa shape index (κ2) is 6.80. The molecule has 1 aromatic heterocycles. The molecule has 0 spiro atoms. The topological polar surface area (TPSA) is 80.2 Å². The summed E-state index contributed by atoms with van der Waals surface area (Å²) in [5, 5.41) is 0. The van der Waals surface area contributed by atoms with Gasteiger partial charge in [0.25, 0.3) is 0 Å². The summed E-state index contributed by atoms with van der Waals surface area (Å²) in [7, 11) is -2.19. The molecule has 8 heteroatoms. The SMILES string of the molecule is CC(C)c1nc(N(C)S(C)(=O)=O)nc(C2C=CC(F)=CC2)c1C=O. The van der Waals surface area contributed by atoms with Crippen LogP contribution >= 0.6 is 0 Å². The average Bonchev–Trinajstić information content (AvgIpc) is 2.52. The third-order valence-electron chi connectivity index (χ3n) is 3.84. The Morgan fingerprint density at radius 2 is 2.04 bits per heavy atom. The van der Waals surface area contributed by atoms with E-state index in [9.17, 15) is 17.6 Å². The highest BCUT2D eigenvalue weighted by atomic mass is 32.2. The van der Waals surface area contributed by atoms with Crippen LogP contribution in [0.2, 0.25) is 0 Å². The maximum Gasteiger partial charge on any atom is 0.239 e. The summed E-state index contributed by atoms with van der Waals surface area (Å²) in [5.41, 5.74) is 1.22. The van der Waals surface area contributed by atoms with Gasteiger partial charge >= 0.3 is 0 Å². The van der Waals surface area contributed by atoms with Crippen molar-refractivity contribution in [3.63, 3.8) is 0 Å². The first-order valence-electron chi connectivity index (χ1n) is 7.50. The standard InChI is InChI=1S/C16H20FN3O3S/c1-10(2)14-13(9-21)15(11-5-7-12(17)8-6-11)19-16(18-14)20(3)24(4,22)23/h5,7-11H,6H2,1-4H3. The molecule has 1 aromatic rings. The van der Waals surface area contributed by atoms with Gasteiger partial charge in [0.1, 0.15) is 5.83 Å². The van der Waals surface area contributed by atoms with Gasteiger partial charge in [0.05, 0.1) is 23.2 Å². The molecular weight excluding hydrogens is 333 g/mol. The molecule has 0 saturated carbocycles. The highest BCUT2D eigenvalue weighted by molar-refractivity contribution is 7.92. The maximum atomic E-state index is 13.2. The van der Waals surface area contributed by atoms with Gasteiger partial charge < -0.3 is 0 Å². The molecule has 1 unspecified atom stereocenters. The molecule has 0 fully saturated rings. The van der Waals surface area contributed by atoms with Crippen molar-refractivity contribution < 1.29 is 17.6 Å². The Morgan fingerprint density at radius 3 is 2.50 bits per heavy atom. The van der Waals surface area contributed by atoms with Gasteiger partial charge in [-0.25, -0.2) is 27.1 Å². The highest BCUT2D eigenvalue weighted by Gasteiger charge is 2.25. The summed E-state index contributed by atoms with van der Waals surface area (Å²) < 4.78 is 37.8. The minimum absolute atomic E-state index is 0.00484. The van der Waals surface area contributed by atoms with Crippen LogP contribution in [0.25, 0.3) is 0 Å². The van der Waals surface area contributed by atoms with Gasteiger partial charge in [0, 0.05) is 13.0 Å². The monoisotopic (exact) mass is 353 g/mol. The molecule has 1 aliphatic carbocycles. The van der Waals surface area contributed by atoms with E-state index in [1.165, 1.54) is 19.2 Å². The summed E-state index contributed by atoms with van der Waals surface area (Å²) >= 11 is 0. The lowest BCUT2D eigenvalue weighted by Crippen LogP contribution is -2.28. The van der Waals surface area contributed by atoms with Crippen LogP contribution in [-0.4, -0.2) is 38.0 Å². The highest BCUT2D eigenvalue weighted by Crippen LogP contribution is 2.32. The van der Waals surface area contributed by atoms with Crippen molar-refractivity contribution in [3.8, 4) is 0 Å². The normalized spacial score (nSPS) is 17.8. The van der Waals surface area contributed by atoms with E-state index in [1.54, 1.807) is 6.08 Å². The molecule has 0 bridgehead atoms. The van der Waals surface area contributed by atoms with E-state index in [1.807, 2.05) is 13.8 Å². The first-order chi connectivity index (χ1) is 11.1. The van der Waals surface area contributed by atoms with Gasteiger partial charge in [-0.3, -0.25) is 4.79 Å². The number of hydrogen-bond donors (Lipinski definition) is 0. The van der Waals surface area contributed by atoms with Gasteiger partial charge in [0.15, 0.2) is 6.29 Å². The Labute approximate surface area is 141 Å². The quantitative estimate of drug-likeness (QED) is 0.760. The van der Waals surface area contributed by atoms with E-state index in [2.05, 4.69) is 9.97 Å². The third-order valence-corrected chi connectivity index (χ3v) is 5.00. The van der Waals surface area contributed by atoms with Crippen LogP contribution < -0.4 is 4.31 Å². The molecule has 1 aliphatic rings. The minimum Gasteiger partial charge on any atom is -0.298 e. The fourth-order valence-electron chi connectivity index (χ4n) is 2.42. The summed E-state index contributed by atoms with van der Waals surface area (Å²) in [5.74, 6) is -0.744. The summed E-state index contributed by atoms with van der Waals surface area (Å²) in [6.45, 7) is 3.72. The molecule has 0 N–H and O–H groups in total. The van der Waals surface area contributed by atoms with Crippen molar-refractivity contribution in [3.05, 3.63) is 41.0 Å². The van der Waals surface area contributed by atoms with Gasteiger partial charge in [-0.2, -0.15) is 0 Å². The Kier molecular flexibility index (Phi) is 5.17. The Balaban J connectivity index is 2.65. The van der Waals surface area contributed by atoms with Crippen LogP contribution in [0.3, 0.4) is 0 Å². The van der Waals surface area contributed by atoms with E-state index in [-0.39, 0.29) is 23.6 Å². The zero-order valence-corrected chi connectivity index (χ0v) is 14.8. The van der Waals surface area contributed by atoms with Crippen molar-refractivity contribution in [2.75, 3.05) is 17.6 Å². The predicted octanol–water partition coefficient (Wildman–Crippen LogP) is 2.71. The molecule has 0 aromatic carbocycles. The van der Waals surface area contributed by atoms with Crippen molar-refractivity contribution in [2.24, 2.45) is 0 Å². The number of sulfonamides is 1. The van der Waals surface area contributed by atoms with Crippen LogP contribution in [-0.2, 0) is 10.0 Å². The van der Waals surface area contributed by atoms with Crippen molar-refractivity contribution >= 4 is 22.3 Å². The molecule has 6 nitrogen and oxygen atoms in total. The number of rotatable bonds is 5. The molecule has 130 valence electrons. The minimum atomic E-state index is -3.54.